The quantitative estimate of drug-likeness (QED) is 0.847. The average molecular weight is 360 g/mol. The van der Waals surface area contributed by atoms with Crippen molar-refractivity contribution < 1.29 is 14.3 Å². The van der Waals surface area contributed by atoms with Crippen LogP contribution in [0.3, 0.4) is 0 Å². The van der Waals surface area contributed by atoms with Crippen LogP contribution in [0.1, 0.15) is 15.9 Å². The van der Waals surface area contributed by atoms with Crippen LogP contribution in [0.15, 0.2) is 36.0 Å². The Morgan fingerprint density at radius 2 is 1.92 bits per heavy atom. The number of hydrogen-bond donors (Lipinski definition) is 1. The van der Waals surface area contributed by atoms with Crippen LogP contribution in [-0.2, 0) is 11.3 Å². The van der Waals surface area contributed by atoms with Crippen LogP contribution in [-0.4, -0.2) is 60.1 Å². The minimum atomic E-state index is -0.446. The first-order chi connectivity index (χ1) is 12.2. The van der Waals surface area contributed by atoms with Gasteiger partial charge in [-0.05, 0) is 29.1 Å². The Labute approximate surface area is 150 Å². The number of ether oxygens (including phenoxy) is 1. The largest absolute Gasteiger partial charge is 0.465 e. The van der Waals surface area contributed by atoms with E-state index in [4.69, 9.17) is 4.74 Å². The molecule has 0 unspecified atom stereocenters. The molecular formula is C17H20N4O3S. The van der Waals surface area contributed by atoms with E-state index in [1.807, 2.05) is 12.1 Å². The smallest absolute Gasteiger partial charge is 0.340 e. The number of piperazine rings is 1. The minimum absolute atomic E-state index is 0.184. The second-order valence-electron chi connectivity index (χ2n) is 5.70. The third-order valence-corrected chi connectivity index (χ3v) is 4.94. The number of hydrogen-bond acceptors (Lipinski definition) is 6. The van der Waals surface area contributed by atoms with Crippen molar-refractivity contribution in [3.05, 3.63) is 47.1 Å². The zero-order valence-corrected chi connectivity index (χ0v) is 14.8. The zero-order valence-electron chi connectivity index (χ0n) is 14.0. The first-order valence-electron chi connectivity index (χ1n) is 8.00. The Morgan fingerprint density at radius 3 is 2.60 bits per heavy atom. The molecule has 1 aliphatic rings. The number of anilines is 1. The van der Waals surface area contributed by atoms with Crippen molar-refractivity contribution in [1.82, 2.24) is 14.8 Å². The minimum Gasteiger partial charge on any atom is -0.465 e. The Kier molecular flexibility index (Phi) is 5.62. The lowest BCUT2D eigenvalue weighted by molar-refractivity contribution is 0.0602. The van der Waals surface area contributed by atoms with E-state index < -0.39 is 5.97 Å². The predicted molar refractivity (Wildman–Crippen MR) is 95.8 cm³/mol. The average Bonchev–Trinajstić information content (AvgIpc) is 3.10. The summed E-state index contributed by atoms with van der Waals surface area (Å²) in [7, 11) is 1.33. The molecule has 2 amide bonds. The molecule has 1 aliphatic heterocycles. The van der Waals surface area contributed by atoms with E-state index in [9.17, 15) is 9.59 Å². The highest BCUT2D eigenvalue weighted by molar-refractivity contribution is 7.14. The van der Waals surface area contributed by atoms with E-state index in [0.29, 0.717) is 23.7 Å². The lowest BCUT2D eigenvalue weighted by atomic mass is 10.2. The van der Waals surface area contributed by atoms with Crippen LogP contribution < -0.4 is 5.32 Å². The van der Waals surface area contributed by atoms with Gasteiger partial charge in [0.2, 0.25) is 0 Å². The molecule has 25 heavy (non-hydrogen) atoms. The monoisotopic (exact) mass is 360 g/mol. The fourth-order valence-corrected chi connectivity index (χ4v) is 3.47. The lowest BCUT2D eigenvalue weighted by Gasteiger charge is -2.34. The summed E-state index contributed by atoms with van der Waals surface area (Å²) in [6.45, 7) is 3.77. The Bertz CT molecular complexity index is 727. The maximum absolute atomic E-state index is 12.4. The molecule has 0 saturated carbocycles. The van der Waals surface area contributed by atoms with Gasteiger partial charge in [-0.15, -0.1) is 11.3 Å². The summed E-state index contributed by atoms with van der Waals surface area (Å²) in [4.78, 5) is 32.2. The molecule has 0 aliphatic carbocycles. The van der Waals surface area contributed by atoms with Crippen molar-refractivity contribution in [2.45, 2.75) is 6.54 Å². The molecule has 7 nitrogen and oxygen atoms in total. The molecule has 1 saturated heterocycles. The molecule has 3 rings (SSSR count). The van der Waals surface area contributed by atoms with Crippen LogP contribution in [0.5, 0.6) is 0 Å². The van der Waals surface area contributed by atoms with Crippen LogP contribution >= 0.6 is 11.3 Å². The molecule has 3 heterocycles. The summed E-state index contributed by atoms with van der Waals surface area (Å²) < 4.78 is 4.72. The van der Waals surface area contributed by atoms with Gasteiger partial charge in [0.25, 0.3) is 0 Å². The molecule has 2 aromatic rings. The van der Waals surface area contributed by atoms with E-state index in [0.717, 1.165) is 19.6 Å². The number of carbonyl (C=O) groups is 2. The van der Waals surface area contributed by atoms with E-state index in [2.05, 4.69) is 15.2 Å². The SMILES string of the molecule is COC(=O)c1ccsc1NC(=O)N1CCN(Cc2ccncc2)CC1. The highest BCUT2D eigenvalue weighted by atomic mass is 32.1. The number of carbonyl (C=O) groups excluding carboxylic acids is 2. The van der Waals surface area contributed by atoms with Gasteiger partial charge in [0, 0.05) is 45.1 Å². The normalized spacial score (nSPS) is 15.0. The number of methoxy groups -OCH3 is 1. The summed E-state index contributed by atoms with van der Waals surface area (Å²) >= 11 is 1.31. The van der Waals surface area contributed by atoms with Gasteiger partial charge in [-0.3, -0.25) is 15.2 Å². The topological polar surface area (TPSA) is 74.8 Å². The molecule has 8 heteroatoms. The van der Waals surface area contributed by atoms with Crippen molar-refractivity contribution in [3.63, 3.8) is 0 Å². The zero-order chi connectivity index (χ0) is 17.6. The number of rotatable bonds is 4. The third kappa shape index (κ3) is 4.34. The standard InChI is InChI=1S/C17H20N4O3S/c1-24-16(22)14-4-11-25-15(14)19-17(23)21-9-7-20(8-10-21)12-13-2-5-18-6-3-13/h2-6,11H,7-10,12H2,1H3,(H,19,23). The summed E-state index contributed by atoms with van der Waals surface area (Å²) in [6, 6.07) is 5.48. The van der Waals surface area contributed by atoms with Crippen molar-refractivity contribution in [1.29, 1.82) is 0 Å². The first kappa shape index (κ1) is 17.4. The third-order valence-electron chi connectivity index (χ3n) is 4.11. The molecule has 0 bridgehead atoms. The van der Waals surface area contributed by atoms with Gasteiger partial charge in [0.1, 0.15) is 5.00 Å². The van der Waals surface area contributed by atoms with E-state index >= 15 is 0 Å². The number of thiophene rings is 1. The number of aromatic nitrogens is 1. The highest BCUT2D eigenvalue weighted by Crippen LogP contribution is 2.24. The highest BCUT2D eigenvalue weighted by Gasteiger charge is 2.23. The van der Waals surface area contributed by atoms with Crippen molar-refractivity contribution in [3.8, 4) is 0 Å². The molecule has 0 atom stereocenters. The van der Waals surface area contributed by atoms with Gasteiger partial charge in [-0.1, -0.05) is 0 Å². The first-order valence-corrected chi connectivity index (χ1v) is 8.88. The molecule has 0 spiro atoms. The van der Waals surface area contributed by atoms with Crippen LogP contribution in [0.25, 0.3) is 0 Å². The molecule has 0 radical (unpaired) electrons. The van der Waals surface area contributed by atoms with Crippen molar-refractivity contribution >= 4 is 28.3 Å². The second kappa shape index (κ2) is 8.09. The van der Waals surface area contributed by atoms with Crippen LogP contribution in [0, 0.1) is 0 Å². The molecular weight excluding hydrogens is 340 g/mol. The maximum Gasteiger partial charge on any atom is 0.340 e. The second-order valence-corrected chi connectivity index (χ2v) is 6.62. The van der Waals surface area contributed by atoms with Gasteiger partial charge in [-0.25, -0.2) is 9.59 Å². The Morgan fingerprint density at radius 1 is 1.20 bits per heavy atom. The molecule has 1 fully saturated rings. The fourth-order valence-electron chi connectivity index (χ4n) is 2.71. The number of esters is 1. The van der Waals surface area contributed by atoms with Gasteiger partial charge in [0.15, 0.2) is 0 Å². The number of pyridine rings is 1. The molecule has 132 valence electrons. The van der Waals surface area contributed by atoms with Crippen molar-refractivity contribution in [2.24, 2.45) is 0 Å². The van der Waals surface area contributed by atoms with Gasteiger partial charge in [-0.2, -0.15) is 0 Å². The van der Waals surface area contributed by atoms with Gasteiger partial charge in [0.05, 0.1) is 12.7 Å². The fraction of sp³-hybridized carbons (Fsp3) is 0.353. The Hall–Kier alpha value is -2.45. The predicted octanol–water partition coefficient (Wildman–Crippen LogP) is 2.28. The van der Waals surface area contributed by atoms with E-state index in [1.54, 1.807) is 28.7 Å². The van der Waals surface area contributed by atoms with Crippen LogP contribution in [0.4, 0.5) is 9.80 Å². The molecule has 2 aromatic heterocycles. The summed E-state index contributed by atoms with van der Waals surface area (Å²) in [5, 5.41) is 5.10. The number of nitrogens with one attached hydrogen (secondary N) is 1. The van der Waals surface area contributed by atoms with E-state index in [1.165, 1.54) is 24.0 Å². The summed E-state index contributed by atoms with van der Waals surface area (Å²) in [5.41, 5.74) is 1.60. The van der Waals surface area contributed by atoms with Crippen LogP contribution in [0.2, 0.25) is 0 Å². The molecule has 1 N–H and O–H groups in total. The van der Waals surface area contributed by atoms with Crippen molar-refractivity contribution in [2.75, 3.05) is 38.6 Å². The van der Waals surface area contributed by atoms with Gasteiger partial charge < -0.3 is 9.64 Å². The number of urea groups is 1. The van der Waals surface area contributed by atoms with Gasteiger partial charge >= 0.3 is 12.0 Å². The number of nitrogens with zero attached hydrogens (tertiary/aromatic N) is 3. The maximum atomic E-state index is 12.4. The summed E-state index contributed by atoms with van der Waals surface area (Å²) in [6.07, 6.45) is 3.58. The molecule has 0 aromatic carbocycles. The summed E-state index contributed by atoms with van der Waals surface area (Å²) in [5.74, 6) is -0.446. The lowest BCUT2D eigenvalue weighted by Crippen LogP contribution is -2.49. The van der Waals surface area contributed by atoms with E-state index in [-0.39, 0.29) is 6.03 Å². The Balaban J connectivity index is 1.52. The number of amides is 2.